The number of hydrogen-bond donors (Lipinski definition) is 1. The van der Waals surface area contributed by atoms with Crippen LogP contribution < -0.4 is 10.2 Å². The second kappa shape index (κ2) is 6.23. The Hall–Kier alpha value is -0.650. The lowest BCUT2D eigenvalue weighted by atomic mass is 10.1. The molecule has 3 rings (SSSR count). The molecule has 0 amide bonds. The predicted molar refractivity (Wildman–Crippen MR) is 90.1 cm³/mol. The highest BCUT2D eigenvalue weighted by molar-refractivity contribution is 7.15. The van der Waals surface area contributed by atoms with Crippen LogP contribution in [0.25, 0.3) is 0 Å². The van der Waals surface area contributed by atoms with Crippen LogP contribution in [0.5, 0.6) is 0 Å². The first kappa shape index (κ1) is 15.3. The van der Waals surface area contributed by atoms with Crippen LogP contribution in [-0.4, -0.2) is 48.1 Å². The van der Waals surface area contributed by atoms with E-state index in [1.807, 2.05) is 17.5 Å². The topological polar surface area (TPSA) is 31.4 Å². The van der Waals surface area contributed by atoms with Gasteiger partial charge in [0.15, 0.2) is 5.13 Å². The van der Waals surface area contributed by atoms with Crippen molar-refractivity contribution in [3.05, 3.63) is 11.1 Å². The number of piperazine rings is 1. The zero-order valence-electron chi connectivity index (χ0n) is 13.6. The van der Waals surface area contributed by atoms with Gasteiger partial charge < -0.3 is 10.2 Å². The van der Waals surface area contributed by atoms with Crippen molar-refractivity contribution in [2.24, 2.45) is 5.92 Å². The van der Waals surface area contributed by atoms with Crippen LogP contribution in [0.1, 0.15) is 38.5 Å². The van der Waals surface area contributed by atoms with Crippen LogP contribution in [0.3, 0.4) is 0 Å². The van der Waals surface area contributed by atoms with E-state index in [1.165, 1.54) is 42.5 Å². The SMILES string of the molecule is CC(C)(C)NCc1cnc(N2CCN(CC3CC3)CC2)s1. The molecule has 5 heteroatoms. The molecule has 1 saturated heterocycles. The molecule has 1 aromatic heterocycles. The van der Waals surface area contributed by atoms with E-state index in [2.05, 4.69) is 40.9 Å². The number of anilines is 1. The first-order valence-corrected chi connectivity index (χ1v) is 8.98. The minimum absolute atomic E-state index is 0.165. The molecule has 0 unspecified atom stereocenters. The van der Waals surface area contributed by atoms with Crippen LogP contribution in [0.4, 0.5) is 5.13 Å². The first-order valence-electron chi connectivity index (χ1n) is 8.17. The van der Waals surface area contributed by atoms with Gasteiger partial charge in [-0.1, -0.05) is 0 Å². The molecule has 1 aliphatic heterocycles. The molecule has 0 aromatic carbocycles. The summed E-state index contributed by atoms with van der Waals surface area (Å²) in [5.41, 5.74) is 0.165. The summed E-state index contributed by atoms with van der Waals surface area (Å²) >= 11 is 1.84. The molecule has 0 radical (unpaired) electrons. The van der Waals surface area contributed by atoms with Crippen LogP contribution in [0.2, 0.25) is 0 Å². The molecule has 0 spiro atoms. The summed E-state index contributed by atoms with van der Waals surface area (Å²) in [4.78, 5) is 11.0. The van der Waals surface area contributed by atoms with E-state index in [0.29, 0.717) is 0 Å². The molecule has 1 N–H and O–H groups in total. The Morgan fingerprint density at radius 1 is 1.24 bits per heavy atom. The van der Waals surface area contributed by atoms with Crippen LogP contribution >= 0.6 is 11.3 Å². The molecule has 0 atom stereocenters. The number of rotatable bonds is 5. The zero-order chi connectivity index (χ0) is 14.9. The van der Waals surface area contributed by atoms with E-state index in [0.717, 1.165) is 25.6 Å². The zero-order valence-corrected chi connectivity index (χ0v) is 14.4. The van der Waals surface area contributed by atoms with Crippen molar-refractivity contribution < 1.29 is 0 Å². The molecule has 21 heavy (non-hydrogen) atoms. The van der Waals surface area contributed by atoms with Gasteiger partial charge in [0.1, 0.15) is 0 Å². The van der Waals surface area contributed by atoms with Crippen molar-refractivity contribution in [1.82, 2.24) is 15.2 Å². The van der Waals surface area contributed by atoms with E-state index in [4.69, 9.17) is 0 Å². The smallest absolute Gasteiger partial charge is 0.185 e. The largest absolute Gasteiger partial charge is 0.346 e. The fourth-order valence-corrected chi connectivity index (χ4v) is 3.57. The van der Waals surface area contributed by atoms with Crippen molar-refractivity contribution in [3.63, 3.8) is 0 Å². The highest BCUT2D eigenvalue weighted by Gasteiger charge is 2.27. The van der Waals surface area contributed by atoms with Crippen molar-refractivity contribution in [1.29, 1.82) is 0 Å². The van der Waals surface area contributed by atoms with Crippen molar-refractivity contribution >= 4 is 16.5 Å². The van der Waals surface area contributed by atoms with Gasteiger partial charge >= 0.3 is 0 Å². The molecule has 2 aliphatic rings. The van der Waals surface area contributed by atoms with Gasteiger partial charge in [-0.05, 0) is 39.5 Å². The summed E-state index contributed by atoms with van der Waals surface area (Å²) in [6, 6.07) is 0. The third-order valence-electron chi connectivity index (χ3n) is 4.19. The predicted octanol–water partition coefficient (Wildman–Crippen LogP) is 2.56. The molecular weight excluding hydrogens is 280 g/mol. The number of nitrogens with zero attached hydrogens (tertiary/aromatic N) is 3. The fourth-order valence-electron chi connectivity index (χ4n) is 2.66. The van der Waals surface area contributed by atoms with Gasteiger partial charge in [0.2, 0.25) is 0 Å². The van der Waals surface area contributed by atoms with Gasteiger partial charge in [-0.3, -0.25) is 4.90 Å². The third-order valence-corrected chi connectivity index (χ3v) is 5.25. The van der Waals surface area contributed by atoms with Crippen molar-refractivity contribution in [2.45, 2.75) is 45.7 Å². The Morgan fingerprint density at radius 2 is 1.95 bits per heavy atom. The lowest BCUT2D eigenvalue weighted by molar-refractivity contribution is 0.248. The summed E-state index contributed by atoms with van der Waals surface area (Å²) < 4.78 is 0. The lowest BCUT2D eigenvalue weighted by Crippen LogP contribution is -2.47. The van der Waals surface area contributed by atoms with Gasteiger partial charge in [-0.25, -0.2) is 4.98 Å². The maximum Gasteiger partial charge on any atom is 0.185 e. The molecular formula is C16H28N4S. The van der Waals surface area contributed by atoms with E-state index in [9.17, 15) is 0 Å². The van der Waals surface area contributed by atoms with Gasteiger partial charge in [0.25, 0.3) is 0 Å². The second-order valence-corrected chi connectivity index (χ2v) is 8.54. The Bertz CT molecular complexity index is 453. The molecule has 4 nitrogen and oxygen atoms in total. The minimum atomic E-state index is 0.165. The molecule has 1 aliphatic carbocycles. The van der Waals surface area contributed by atoms with Gasteiger partial charge in [0, 0.05) is 55.9 Å². The summed E-state index contributed by atoms with van der Waals surface area (Å²) in [7, 11) is 0. The number of hydrogen-bond acceptors (Lipinski definition) is 5. The van der Waals surface area contributed by atoms with Gasteiger partial charge in [-0.15, -0.1) is 11.3 Å². The minimum Gasteiger partial charge on any atom is -0.346 e. The van der Waals surface area contributed by atoms with E-state index in [-0.39, 0.29) is 5.54 Å². The standard InChI is InChI=1S/C16H28N4S/c1-16(2,3)18-11-14-10-17-15(21-14)20-8-6-19(7-9-20)12-13-4-5-13/h10,13,18H,4-9,11-12H2,1-3H3. The number of nitrogens with one attached hydrogen (secondary N) is 1. The Balaban J connectivity index is 1.47. The van der Waals surface area contributed by atoms with Crippen LogP contribution in [0.15, 0.2) is 6.20 Å². The van der Waals surface area contributed by atoms with E-state index < -0.39 is 0 Å². The molecule has 1 aromatic rings. The highest BCUT2D eigenvalue weighted by Crippen LogP contribution is 2.30. The lowest BCUT2D eigenvalue weighted by Gasteiger charge is -2.34. The second-order valence-electron chi connectivity index (χ2n) is 7.44. The van der Waals surface area contributed by atoms with Crippen molar-refractivity contribution in [3.8, 4) is 0 Å². The maximum atomic E-state index is 4.62. The molecule has 0 bridgehead atoms. The first-order chi connectivity index (χ1) is 9.99. The third kappa shape index (κ3) is 4.66. The van der Waals surface area contributed by atoms with E-state index >= 15 is 0 Å². The van der Waals surface area contributed by atoms with E-state index in [1.54, 1.807) is 0 Å². The fraction of sp³-hybridized carbons (Fsp3) is 0.812. The summed E-state index contributed by atoms with van der Waals surface area (Å²) in [6.45, 7) is 13.5. The molecule has 118 valence electrons. The Labute approximate surface area is 132 Å². The molecule has 2 fully saturated rings. The molecule has 1 saturated carbocycles. The summed E-state index contributed by atoms with van der Waals surface area (Å²) in [5.74, 6) is 1.01. The Kier molecular flexibility index (Phi) is 4.52. The Morgan fingerprint density at radius 3 is 2.57 bits per heavy atom. The van der Waals surface area contributed by atoms with Crippen LogP contribution in [0, 0.1) is 5.92 Å². The highest BCUT2D eigenvalue weighted by atomic mass is 32.1. The molecule has 2 heterocycles. The maximum absolute atomic E-state index is 4.62. The normalized spacial score (nSPS) is 21.0. The number of aromatic nitrogens is 1. The summed E-state index contributed by atoms with van der Waals surface area (Å²) in [6.07, 6.45) is 4.95. The van der Waals surface area contributed by atoms with Crippen molar-refractivity contribution in [2.75, 3.05) is 37.6 Å². The quantitative estimate of drug-likeness (QED) is 0.906. The van der Waals surface area contributed by atoms with Gasteiger partial charge in [0.05, 0.1) is 0 Å². The number of thiazole rings is 1. The summed E-state index contributed by atoms with van der Waals surface area (Å²) in [5, 5.41) is 4.73. The average molecular weight is 308 g/mol. The monoisotopic (exact) mass is 308 g/mol. The van der Waals surface area contributed by atoms with Gasteiger partial charge in [-0.2, -0.15) is 0 Å². The average Bonchev–Trinajstić information content (AvgIpc) is 3.12. The van der Waals surface area contributed by atoms with Crippen LogP contribution in [-0.2, 0) is 6.54 Å².